The van der Waals surface area contributed by atoms with Crippen LogP contribution in [0.5, 0.6) is 0 Å². The number of hydrogen-bond acceptors (Lipinski definition) is 4. The molecule has 1 aromatic carbocycles. The summed E-state index contributed by atoms with van der Waals surface area (Å²) in [5.74, 6) is -2.77. The molecule has 2 aromatic rings. The van der Waals surface area contributed by atoms with Crippen molar-refractivity contribution in [3.63, 3.8) is 0 Å². The van der Waals surface area contributed by atoms with Crippen LogP contribution in [0.3, 0.4) is 0 Å². The Bertz CT molecular complexity index is 918. The molecule has 1 fully saturated rings. The van der Waals surface area contributed by atoms with Gasteiger partial charge in [-0.15, -0.1) is 0 Å². The molecule has 140 valence electrons. The first-order chi connectivity index (χ1) is 12.4. The van der Waals surface area contributed by atoms with Crippen LogP contribution in [-0.2, 0) is 6.54 Å². The summed E-state index contributed by atoms with van der Waals surface area (Å²) < 4.78 is 31.3. The van der Waals surface area contributed by atoms with E-state index in [1.807, 2.05) is 0 Å². The highest BCUT2D eigenvalue weighted by atomic mass is 19.1. The average Bonchev–Trinajstić information content (AvgIpc) is 2.62. The molecule has 2 heterocycles. The van der Waals surface area contributed by atoms with Crippen molar-refractivity contribution in [1.29, 1.82) is 0 Å². The maximum atomic E-state index is 15.2. The fraction of sp³-hybridized carbons (Fsp3) is 0.444. The first-order valence-corrected chi connectivity index (χ1v) is 8.62. The predicted molar refractivity (Wildman–Crippen MR) is 94.7 cm³/mol. The van der Waals surface area contributed by atoms with Crippen molar-refractivity contribution in [1.82, 2.24) is 4.57 Å². The molecule has 0 saturated carbocycles. The quantitative estimate of drug-likeness (QED) is 0.867. The van der Waals surface area contributed by atoms with Gasteiger partial charge in [-0.05, 0) is 38.3 Å². The van der Waals surface area contributed by atoms with E-state index in [2.05, 4.69) is 0 Å². The maximum Gasteiger partial charge on any atom is 0.341 e. The van der Waals surface area contributed by atoms with Crippen molar-refractivity contribution in [2.45, 2.75) is 26.3 Å². The molecule has 1 aliphatic rings. The third kappa shape index (κ3) is 2.94. The lowest BCUT2D eigenvalue weighted by molar-refractivity contribution is 0.0695. The number of carboxylic acids is 1. The highest BCUT2D eigenvalue weighted by molar-refractivity contribution is 5.93. The van der Waals surface area contributed by atoms with E-state index in [0.29, 0.717) is 25.6 Å². The van der Waals surface area contributed by atoms with Gasteiger partial charge in [0, 0.05) is 25.8 Å². The largest absolute Gasteiger partial charge is 0.477 e. The SMILES string of the molecule is CCn1cc(C(=O)O)c(=O)c2cc(F)c(N3CCC(CN)CC3)c(F)c21. The topological polar surface area (TPSA) is 88.6 Å². The number of piperidine rings is 1. The number of carbonyl (C=O) groups is 1. The van der Waals surface area contributed by atoms with Crippen LogP contribution in [0.1, 0.15) is 30.1 Å². The number of pyridine rings is 1. The molecule has 0 unspecified atom stereocenters. The van der Waals surface area contributed by atoms with Crippen molar-refractivity contribution < 1.29 is 18.7 Å². The number of rotatable bonds is 4. The van der Waals surface area contributed by atoms with E-state index in [4.69, 9.17) is 5.73 Å². The zero-order valence-corrected chi connectivity index (χ0v) is 14.5. The minimum Gasteiger partial charge on any atom is -0.477 e. The molecule has 3 N–H and O–H groups in total. The number of anilines is 1. The van der Waals surface area contributed by atoms with Crippen molar-refractivity contribution in [3.05, 3.63) is 39.7 Å². The Morgan fingerprint density at radius 2 is 2.00 bits per heavy atom. The molecular formula is C18H21F2N3O3. The number of aromatic nitrogens is 1. The van der Waals surface area contributed by atoms with Gasteiger partial charge in [-0.3, -0.25) is 4.79 Å². The van der Waals surface area contributed by atoms with E-state index >= 15 is 4.39 Å². The minimum atomic E-state index is -1.42. The van der Waals surface area contributed by atoms with Crippen molar-refractivity contribution >= 4 is 22.6 Å². The normalized spacial score (nSPS) is 15.6. The summed E-state index contributed by atoms with van der Waals surface area (Å²) in [4.78, 5) is 25.2. The van der Waals surface area contributed by atoms with Gasteiger partial charge in [-0.25, -0.2) is 13.6 Å². The third-order valence-corrected chi connectivity index (χ3v) is 5.06. The lowest BCUT2D eigenvalue weighted by atomic mass is 9.96. The Morgan fingerprint density at radius 3 is 2.54 bits per heavy atom. The Labute approximate surface area is 148 Å². The van der Waals surface area contributed by atoms with E-state index in [1.165, 1.54) is 4.57 Å². The van der Waals surface area contributed by atoms with Crippen molar-refractivity contribution in [3.8, 4) is 0 Å². The molecule has 0 spiro atoms. The Kier molecular flexibility index (Phi) is 4.95. The predicted octanol–water partition coefficient (Wildman–Crippen LogP) is 2.17. The van der Waals surface area contributed by atoms with Crippen molar-refractivity contribution in [2.24, 2.45) is 11.7 Å². The monoisotopic (exact) mass is 365 g/mol. The number of nitrogens with zero attached hydrogens (tertiary/aromatic N) is 2. The van der Waals surface area contributed by atoms with Crippen LogP contribution in [0.25, 0.3) is 10.9 Å². The fourth-order valence-electron chi connectivity index (χ4n) is 3.56. The molecule has 0 amide bonds. The second-order valence-electron chi connectivity index (χ2n) is 6.55. The van der Waals surface area contributed by atoms with Gasteiger partial charge in [0.2, 0.25) is 5.43 Å². The summed E-state index contributed by atoms with van der Waals surface area (Å²) in [7, 11) is 0. The molecule has 0 atom stereocenters. The second-order valence-corrected chi connectivity index (χ2v) is 6.55. The highest BCUT2D eigenvalue weighted by Gasteiger charge is 2.27. The number of aromatic carboxylic acids is 1. The zero-order valence-electron chi connectivity index (χ0n) is 14.5. The third-order valence-electron chi connectivity index (χ3n) is 5.06. The summed E-state index contributed by atoms with van der Waals surface area (Å²) in [6.07, 6.45) is 2.59. The Balaban J connectivity index is 2.20. The van der Waals surface area contributed by atoms with Gasteiger partial charge in [0.1, 0.15) is 17.1 Å². The molecule has 6 nitrogen and oxygen atoms in total. The molecule has 0 bridgehead atoms. The average molecular weight is 365 g/mol. The number of halogens is 2. The van der Waals surface area contributed by atoms with E-state index in [9.17, 15) is 19.1 Å². The van der Waals surface area contributed by atoms with Crippen LogP contribution in [0.4, 0.5) is 14.5 Å². The molecule has 8 heteroatoms. The molecular weight excluding hydrogens is 344 g/mol. The van der Waals surface area contributed by atoms with Gasteiger partial charge >= 0.3 is 5.97 Å². The molecule has 0 aliphatic carbocycles. The smallest absolute Gasteiger partial charge is 0.341 e. The van der Waals surface area contributed by atoms with Gasteiger partial charge in [0.05, 0.1) is 10.9 Å². The van der Waals surface area contributed by atoms with Gasteiger partial charge in [-0.2, -0.15) is 0 Å². The minimum absolute atomic E-state index is 0.0696. The molecule has 26 heavy (non-hydrogen) atoms. The second kappa shape index (κ2) is 7.03. The van der Waals surface area contributed by atoms with Crippen LogP contribution >= 0.6 is 0 Å². The van der Waals surface area contributed by atoms with Crippen LogP contribution in [0, 0.1) is 17.6 Å². The van der Waals surface area contributed by atoms with Crippen molar-refractivity contribution in [2.75, 3.05) is 24.5 Å². The van der Waals surface area contributed by atoms with Crippen LogP contribution in [0.2, 0.25) is 0 Å². The highest BCUT2D eigenvalue weighted by Crippen LogP contribution is 2.32. The summed E-state index contributed by atoms with van der Waals surface area (Å²) >= 11 is 0. The molecule has 3 rings (SSSR count). The number of hydrogen-bond donors (Lipinski definition) is 2. The van der Waals surface area contributed by atoms with Gasteiger partial charge in [0.25, 0.3) is 0 Å². The van der Waals surface area contributed by atoms with Crippen LogP contribution in [0.15, 0.2) is 17.1 Å². The van der Waals surface area contributed by atoms with Gasteiger partial charge in [-0.1, -0.05) is 0 Å². The molecule has 0 radical (unpaired) electrons. The van der Waals surface area contributed by atoms with Gasteiger partial charge in [0.15, 0.2) is 5.82 Å². The number of nitrogens with two attached hydrogens (primary N) is 1. The number of benzene rings is 1. The summed E-state index contributed by atoms with van der Waals surface area (Å²) in [6, 6.07) is 0.948. The maximum absolute atomic E-state index is 15.2. The molecule has 1 saturated heterocycles. The van der Waals surface area contributed by atoms with Gasteiger partial charge < -0.3 is 20.3 Å². The van der Waals surface area contributed by atoms with E-state index < -0.39 is 28.6 Å². The first-order valence-electron chi connectivity index (χ1n) is 8.62. The Morgan fingerprint density at radius 1 is 1.35 bits per heavy atom. The summed E-state index contributed by atoms with van der Waals surface area (Å²) in [6.45, 7) is 3.44. The number of fused-ring (bicyclic) bond motifs is 1. The van der Waals surface area contributed by atoms with Crippen LogP contribution in [-0.4, -0.2) is 35.3 Å². The Hall–Kier alpha value is -2.48. The zero-order chi connectivity index (χ0) is 19.0. The standard InChI is InChI=1S/C18H21F2N3O3/c1-2-22-9-12(18(25)26)17(24)11-7-13(19)16(14(20)15(11)22)23-5-3-10(8-21)4-6-23/h7,9-10H,2-6,8,21H2,1H3,(H,25,26). The van der Waals surface area contributed by atoms with E-state index in [0.717, 1.165) is 25.1 Å². The number of carboxylic acid groups (broad SMARTS) is 1. The molecule has 1 aliphatic heterocycles. The lowest BCUT2D eigenvalue weighted by Crippen LogP contribution is -2.37. The number of aryl methyl sites for hydroxylation is 1. The van der Waals surface area contributed by atoms with E-state index in [-0.39, 0.29) is 23.1 Å². The van der Waals surface area contributed by atoms with Crippen LogP contribution < -0.4 is 16.1 Å². The molecule has 1 aromatic heterocycles. The van der Waals surface area contributed by atoms with E-state index in [1.54, 1.807) is 11.8 Å². The fourth-order valence-corrected chi connectivity index (χ4v) is 3.56. The summed E-state index contributed by atoms with van der Waals surface area (Å²) in [5.41, 5.74) is 4.03. The summed E-state index contributed by atoms with van der Waals surface area (Å²) in [5, 5.41) is 8.91. The first kappa shape index (κ1) is 18.3. The lowest BCUT2D eigenvalue weighted by Gasteiger charge is -2.33.